The number of aromatic amines is 1. The van der Waals surface area contributed by atoms with Gasteiger partial charge in [0.25, 0.3) is 0 Å². The topological polar surface area (TPSA) is 85.7 Å². The minimum Gasteiger partial charge on any atom is -0.372 e. The van der Waals surface area contributed by atoms with E-state index in [4.69, 9.17) is 0 Å². The first-order chi connectivity index (χ1) is 14.6. The number of amidine groups is 1. The highest BCUT2D eigenvalue weighted by molar-refractivity contribution is 6.20. The molecular formula is C24H27N5O. The summed E-state index contributed by atoms with van der Waals surface area (Å²) in [4.78, 5) is 8.59. The average Bonchev–Trinajstić information content (AvgIpc) is 3.33. The van der Waals surface area contributed by atoms with Gasteiger partial charge in [-0.3, -0.25) is 5.10 Å². The summed E-state index contributed by atoms with van der Waals surface area (Å²) in [5, 5.41) is 21.2. The van der Waals surface area contributed by atoms with Gasteiger partial charge in [0.2, 0.25) is 0 Å². The Bertz CT molecular complexity index is 1100. The van der Waals surface area contributed by atoms with E-state index in [0.717, 1.165) is 46.4 Å². The molecule has 0 amide bonds. The molecule has 1 aliphatic heterocycles. The molecule has 154 valence electrons. The number of anilines is 1. The Kier molecular flexibility index (Phi) is 6.05. The van der Waals surface area contributed by atoms with Crippen molar-refractivity contribution >= 4 is 28.1 Å². The van der Waals surface area contributed by atoms with E-state index in [2.05, 4.69) is 56.4 Å². The Morgan fingerprint density at radius 3 is 3.07 bits per heavy atom. The van der Waals surface area contributed by atoms with Gasteiger partial charge in [-0.05, 0) is 74.1 Å². The van der Waals surface area contributed by atoms with Gasteiger partial charge in [0.1, 0.15) is 12.1 Å². The number of nitrogens with one attached hydrogen (secondary N) is 2. The molecule has 6 heteroatoms. The quantitative estimate of drug-likeness (QED) is 0.592. The SMILES string of the molecule is C=C1CC(=NC(C)O)N=C1C=CC=C(Nc1ccc2[nH]ncc2c1)C1=CCCCC1. The second-order valence-corrected chi connectivity index (χ2v) is 7.67. The minimum absolute atomic E-state index is 0.579. The number of allylic oxidation sites excluding steroid dienone is 5. The molecule has 1 atom stereocenters. The molecule has 3 N–H and O–H groups in total. The van der Waals surface area contributed by atoms with Crippen molar-refractivity contribution in [1.29, 1.82) is 0 Å². The smallest absolute Gasteiger partial charge is 0.144 e. The zero-order chi connectivity index (χ0) is 20.9. The van der Waals surface area contributed by atoms with Crippen LogP contribution in [0.2, 0.25) is 0 Å². The number of hydrogen-bond acceptors (Lipinski definition) is 4. The van der Waals surface area contributed by atoms with Gasteiger partial charge in [-0.15, -0.1) is 0 Å². The second-order valence-electron chi connectivity index (χ2n) is 7.67. The number of aliphatic hydroxyl groups excluding tert-OH is 1. The fraction of sp³-hybridized carbons (Fsp3) is 0.292. The van der Waals surface area contributed by atoms with Crippen LogP contribution in [0.5, 0.6) is 0 Å². The molecule has 0 saturated heterocycles. The highest BCUT2D eigenvalue weighted by atomic mass is 16.3. The highest BCUT2D eigenvalue weighted by Gasteiger charge is 2.15. The number of hydrogen-bond donors (Lipinski definition) is 3. The predicted molar refractivity (Wildman–Crippen MR) is 124 cm³/mol. The van der Waals surface area contributed by atoms with Crippen molar-refractivity contribution in [2.75, 3.05) is 5.32 Å². The number of H-pyrrole nitrogens is 1. The van der Waals surface area contributed by atoms with E-state index < -0.39 is 6.23 Å². The largest absolute Gasteiger partial charge is 0.372 e. The molecular weight excluding hydrogens is 374 g/mol. The number of nitrogens with zero attached hydrogens (tertiary/aromatic N) is 3. The van der Waals surface area contributed by atoms with Crippen LogP contribution in [0.1, 0.15) is 39.0 Å². The van der Waals surface area contributed by atoms with E-state index >= 15 is 0 Å². The molecule has 1 aromatic heterocycles. The zero-order valence-electron chi connectivity index (χ0n) is 17.2. The summed E-state index contributed by atoms with van der Waals surface area (Å²) in [5.41, 5.74) is 6.20. The molecule has 0 fully saturated rings. The van der Waals surface area contributed by atoms with E-state index in [1.165, 1.54) is 18.4 Å². The molecule has 2 aromatic rings. The minimum atomic E-state index is -0.749. The monoisotopic (exact) mass is 401 g/mol. The summed E-state index contributed by atoms with van der Waals surface area (Å²) >= 11 is 0. The first-order valence-corrected chi connectivity index (χ1v) is 10.4. The molecule has 30 heavy (non-hydrogen) atoms. The summed E-state index contributed by atoms with van der Waals surface area (Å²) in [6, 6.07) is 6.19. The Labute approximate surface area is 176 Å². The number of aliphatic hydroxyl groups is 1. The predicted octanol–water partition coefficient (Wildman–Crippen LogP) is 5.05. The van der Waals surface area contributed by atoms with Crippen LogP contribution in [0.4, 0.5) is 5.69 Å². The maximum absolute atomic E-state index is 9.44. The molecule has 0 spiro atoms. The highest BCUT2D eigenvalue weighted by Crippen LogP contribution is 2.27. The Hall–Kier alpha value is -3.25. The van der Waals surface area contributed by atoms with Gasteiger partial charge >= 0.3 is 0 Å². The molecule has 0 saturated carbocycles. The van der Waals surface area contributed by atoms with Crippen molar-refractivity contribution in [3.8, 4) is 0 Å². The van der Waals surface area contributed by atoms with Crippen LogP contribution in [0, 0.1) is 0 Å². The normalized spacial score (nSPS) is 20.1. The molecule has 0 radical (unpaired) electrons. The van der Waals surface area contributed by atoms with Gasteiger partial charge in [0.05, 0.1) is 17.4 Å². The molecule has 2 heterocycles. The maximum Gasteiger partial charge on any atom is 0.144 e. The van der Waals surface area contributed by atoms with Crippen molar-refractivity contribution in [3.05, 3.63) is 72.1 Å². The third-order valence-electron chi connectivity index (χ3n) is 5.19. The van der Waals surface area contributed by atoms with Crippen LogP contribution in [0.25, 0.3) is 10.9 Å². The van der Waals surface area contributed by atoms with Crippen LogP contribution >= 0.6 is 0 Å². The van der Waals surface area contributed by atoms with Gasteiger partial charge in [-0.1, -0.05) is 18.7 Å². The molecule has 1 unspecified atom stereocenters. The summed E-state index contributed by atoms with van der Waals surface area (Å²) in [5.74, 6) is 0.625. The molecule has 2 aliphatic rings. The van der Waals surface area contributed by atoms with Gasteiger partial charge in [-0.2, -0.15) is 5.10 Å². The third kappa shape index (κ3) is 4.83. The van der Waals surface area contributed by atoms with Crippen LogP contribution in [0.15, 0.2) is 82.1 Å². The first kappa shape index (κ1) is 20.0. The van der Waals surface area contributed by atoms with Crippen LogP contribution in [-0.2, 0) is 0 Å². The van der Waals surface area contributed by atoms with Gasteiger partial charge in [0.15, 0.2) is 0 Å². The molecule has 4 rings (SSSR count). The maximum atomic E-state index is 9.44. The lowest BCUT2D eigenvalue weighted by molar-refractivity contribution is 0.205. The van der Waals surface area contributed by atoms with Crippen molar-refractivity contribution in [1.82, 2.24) is 10.2 Å². The number of rotatable bonds is 6. The Morgan fingerprint density at radius 2 is 2.27 bits per heavy atom. The van der Waals surface area contributed by atoms with Crippen LogP contribution < -0.4 is 5.32 Å². The Morgan fingerprint density at radius 1 is 1.37 bits per heavy atom. The van der Waals surface area contributed by atoms with Crippen molar-refractivity contribution in [3.63, 3.8) is 0 Å². The van der Waals surface area contributed by atoms with Crippen LogP contribution in [0.3, 0.4) is 0 Å². The van der Waals surface area contributed by atoms with Gasteiger partial charge in [-0.25, -0.2) is 9.98 Å². The lowest BCUT2D eigenvalue weighted by atomic mass is 9.96. The number of aromatic nitrogens is 2. The van der Waals surface area contributed by atoms with Crippen molar-refractivity contribution in [2.24, 2.45) is 9.98 Å². The van der Waals surface area contributed by atoms with Crippen molar-refractivity contribution in [2.45, 2.75) is 45.3 Å². The third-order valence-corrected chi connectivity index (χ3v) is 5.19. The summed E-state index contributed by atoms with van der Waals surface area (Å²) in [6.07, 6.45) is 14.7. The van der Waals surface area contributed by atoms with E-state index in [1.54, 1.807) is 6.92 Å². The van der Waals surface area contributed by atoms with E-state index in [1.807, 2.05) is 24.4 Å². The first-order valence-electron chi connectivity index (χ1n) is 10.4. The standard InChI is InChI=1S/C24H27N5O/c1-16-13-24(26-17(2)30)28-21(16)9-6-10-22(18-7-4-3-5-8-18)27-20-11-12-23-19(14-20)15-25-29-23/h6-7,9-12,14-15,17,27,30H,1,3-5,8,13H2,2H3,(H,25,29). The van der Waals surface area contributed by atoms with Crippen LogP contribution in [-0.4, -0.2) is 33.1 Å². The van der Waals surface area contributed by atoms with Crippen molar-refractivity contribution < 1.29 is 5.11 Å². The molecule has 1 aromatic carbocycles. The number of aliphatic imine (C=N–C) groups is 2. The lowest BCUT2D eigenvalue weighted by Crippen LogP contribution is -2.05. The molecule has 1 aliphatic carbocycles. The lowest BCUT2D eigenvalue weighted by Gasteiger charge is -2.18. The van der Waals surface area contributed by atoms with Gasteiger partial charge in [0, 0.05) is 23.2 Å². The second kappa shape index (κ2) is 9.05. The summed E-state index contributed by atoms with van der Waals surface area (Å²) in [7, 11) is 0. The fourth-order valence-corrected chi connectivity index (χ4v) is 3.71. The number of benzene rings is 1. The van der Waals surface area contributed by atoms with E-state index in [0.29, 0.717) is 12.3 Å². The van der Waals surface area contributed by atoms with E-state index in [9.17, 15) is 5.11 Å². The summed E-state index contributed by atoms with van der Waals surface area (Å²) in [6.45, 7) is 5.69. The Balaban J connectivity index is 1.57. The molecule has 6 nitrogen and oxygen atoms in total. The van der Waals surface area contributed by atoms with Gasteiger partial charge < -0.3 is 10.4 Å². The average molecular weight is 402 g/mol. The fourth-order valence-electron chi connectivity index (χ4n) is 3.71. The summed E-state index contributed by atoms with van der Waals surface area (Å²) < 4.78 is 0. The zero-order valence-corrected chi connectivity index (χ0v) is 17.2. The number of fused-ring (bicyclic) bond motifs is 1. The molecule has 0 bridgehead atoms. The van der Waals surface area contributed by atoms with E-state index in [-0.39, 0.29) is 0 Å².